The molecule has 17 heavy (non-hydrogen) atoms. The molecule has 2 rings (SSSR count). The first-order chi connectivity index (χ1) is 8.25. The van der Waals surface area contributed by atoms with E-state index in [2.05, 4.69) is 10.3 Å². The Kier molecular flexibility index (Phi) is 3.93. The standard InChI is InChI=1S/C12H16N2O3/c15-11-3-1-2-10(14-11)12(16)13-8-9-4-6-17-7-5-9/h1-3,9H,4-8H2,(H,13,16)(H,14,15). The van der Waals surface area contributed by atoms with Crippen molar-refractivity contribution in [1.29, 1.82) is 0 Å². The fourth-order valence-corrected chi connectivity index (χ4v) is 1.86. The summed E-state index contributed by atoms with van der Waals surface area (Å²) in [5.74, 6) is 0.248. The summed E-state index contributed by atoms with van der Waals surface area (Å²) in [5.41, 5.74) is 0.0493. The van der Waals surface area contributed by atoms with E-state index in [4.69, 9.17) is 4.74 Å². The normalized spacial score (nSPS) is 16.7. The lowest BCUT2D eigenvalue weighted by atomic mass is 10.0. The lowest BCUT2D eigenvalue weighted by molar-refractivity contribution is 0.0642. The van der Waals surface area contributed by atoms with Gasteiger partial charge in [-0.1, -0.05) is 6.07 Å². The summed E-state index contributed by atoms with van der Waals surface area (Å²) in [6, 6.07) is 4.55. The van der Waals surface area contributed by atoms with E-state index in [-0.39, 0.29) is 11.5 Å². The van der Waals surface area contributed by atoms with Gasteiger partial charge in [-0.25, -0.2) is 0 Å². The molecule has 0 spiro atoms. The van der Waals surface area contributed by atoms with Crippen molar-refractivity contribution < 1.29 is 9.53 Å². The minimum absolute atomic E-state index is 0.228. The summed E-state index contributed by atoms with van der Waals surface area (Å²) in [6.45, 7) is 2.17. The van der Waals surface area contributed by atoms with E-state index in [1.54, 1.807) is 12.1 Å². The molecule has 0 atom stereocenters. The molecule has 1 amide bonds. The number of aromatic amines is 1. The smallest absolute Gasteiger partial charge is 0.267 e. The number of aromatic nitrogens is 1. The van der Waals surface area contributed by atoms with Crippen LogP contribution < -0.4 is 10.9 Å². The van der Waals surface area contributed by atoms with Crippen molar-refractivity contribution in [2.45, 2.75) is 12.8 Å². The molecule has 1 saturated heterocycles. The summed E-state index contributed by atoms with van der Waals surface area (Å²) >= 11 is 0. The predicted molar refractivity (Wildman–Crippen MR) is 62.9 cm³/mol. The Morgan fingerprint density at radius 2 is 2.18 bits per heavy atom. The van der Waals surface area contributed by atoms with Crippen LogP contribution in [0.1, 0.15) is 23.3 Å². The Hall–Kier alpha value is -1.62. The van der Waals surface area contributed by atoms with Crippen molar-refractivity contribution in [3.8, 4) is 0 Å². The summed E-state index contributed by atoms with van der Waals surface area (Å²) in [6.07, 6.45) is 1.96. The number of nitrogens with one attached hydrogen (secondary N) is 2. The topological polar surface area (TPSA) is 71.2 Å². The van der Waals surface area contributed by atoms with Gasteiger partial charge in [-0.2, -0.15) is 0 Å². The molecule has 1 aromatic heterocycles. The highest BCUT2D eigenvalue weighted by Gasteiger charge is 2.15. The van der Waals surface area contributed by atoms with Crippen LogP contribution in [-0.4, -0.2) is 30.6 Å². The average molecular weight is 236 g/mol. The van der Waals surface area contributed by atoms with Crippen LogP contribution in [0.5, 0.6) is 0 Å². The maximum atomic E-state index is 11.7. The van der Waals surface area contributed by atoms with Gasteiger partial charge in [0.2, 0.25) is 5.56 Å². The molecular weight excluding hydrogens is 220 g/mol. The van der Waals surface area contributed by atoms with Gasteiger partial charge in [0.05, 0.1) is 0 Å². The van der Waals surface area contributed by atoms with E-state index in [0.29, 0.717) is 18.2 Å². The van der Waals surface area contributed by atoms with Crippen molar-refractivity contribution in [3.63, 3.8) is 0 Å². The summed E-state index contributed by atoms with van der Waals surface area (Å²) in [4.78, 5) is 25.3. The molecule has 2 heterocycles. The SMILES string of the molecule is O=C(NCC1CCOCC1)c1cccc(=O)[nH]1. The van der Waals surface area contributed by atoms with Crippen LogP contribution in [0.25, 0.3) is 0 Å². The van der Waals surface area contributed by atoms with Gasteiger partial charge in [-0.3, -0.25) is 9.59 Å². The quantitative estimate of drug-likeness (QED) is 0.804. The Balaban J connectivity index is 1.86. The van der Waals surface area contributed by atoms with Gasteiger partial charge in [-0.05, 0) is 24.8 Å². The molecule has 0 unspecified atom stereocenters. The van der Waals surface area contributed by atoms with Crippen LogP contribution in [0.4, 0.5) is 0 Å². The zero-order valence-corrected chi connectivity index (χ0v) is 9.57. The maximum Gasteiger partial charge on any atom is 0.267 e. The molecule has 0 radical (unpaired) electrons. The van der Waals surface area contributed by atoms with Crippen molar-refractivity contribution in [2.24, 2.45) is 5.92 Å². The molecule has 0 aliphatic carbocycles. The maximum absolute atomic E-state index is 11.7. The van der Waals surface area contributed by atoms with Crippen LogP contribution in [0, 0.1) is 5.92 Å². The Bertz CT molecular complexity index is 435. The highest BCUT2D eigenvalue weighted by molar-refractivity contribution is 5.92. The Labute approximate surface area is 99.2 Å². The molecule has 5 nitrogen and oxygen atoms in total. The van der Waals surface area contributed by atoms with Crippen LogP contribution in [0.3, 0.4) is 0 Å². The number of H-pyrrole nitrogens is 1. The van der Waals surface area contributed by atoms with Gasteiger partial charge >= 0.3 is 0 Å². The number of pyridine rings is 1. The second-order valence-corrected chi connectivity index (χ2v) is 4.19. The molecule has 1 aromatic rings. The fraction of sp³-hybridized carbons (Fsp3) is 0.500. The van der Waals surface area contributed by atoms with Gasteiger partial charge in [0.1, 0.15) is 5.69 Å². The highest BCUT2D eigenvalue weighted by Crippen LogP contribution is 2.13. The molecule has 1 aliphatic rings. The lowest BCUT2D eigenvalue weighted by Gasteiger charge is -2.22. The molecule has 0 saturated carbocycles. The third-order valence-corrected chi connectivity index (χ3v) is 2.91. The number of carbonyl (C=O) groups is 1. The first-order valence-electron chi connectivity index (χ1n) is 5.81. The third kappa shape index (κ3) is 3.42. The van der Waals surface area contributed by atoms with Crippen molar-refractivity contribution in [1.82, 2.24) is 10.3 Å². The second kappa shape index (κ2) is 5.63. The van der Waals surface area contributed by atoms with Crippen molar-refractivity contribution in [3.05, 3.63) is 34.2 Å². The molecule has 1 aliphatic heterocycles. The van der Waals surface area contributed by atoms with Crippen molar-refractivity contribution >= 4 is 5.91 Å². The highest BCUT2D eigenvalue weighted by atomic mass is 16.5. The van der Waals surface area contributed by atoms with Gasteiger partial charge in [0, 0.05) is 25.8 Å². The van der Waals surface area contributed by atoms with Gasteiger partial charge in [0.15, 0.2) is 0 Å². The van der Waals surface area contributed by atoms with Gasteiger partial charge in [0.25, 0.3) is 5.91 Å². The van der Waals surface area contributed by atoms with Crippen LogP contribution in [0.15, 0.2) is 23.0 Å². The summed E-state index contributed by atoms with van der Waals surface area (Å²) in [7, 11) is 0. The lowest BCUT2D eigenvalue weighted by Crippen LogP contribution is -2.33. The molecule has 0 aromatic carbocycles. The molecule has 1 fully saturated rings. The first kappa shape index (κ1) is 11.9. The van der Waals surface area contributed by atoms with Gasteiger partial charge < -0.3 is 15.0 Å². The van der Waals surface area contributed by atoms with E-state index in [1.807, 2.05) is 0 Å². The third-order valence-electron chi connectivity index (χ3n) is 2.91. The Morgan fingerprint density at radius 3 is 2.88 bits per heavy atom. The van der Waals surface area contributed by atoms with Crippen molar-refractivity contribution in [2.75, 3.05) is 19.8 Å². The number of rotatable bonds is 3. The number of ether oxygens (including phenoxy) is 1. The summed E-state index contributed by atoms with van der Waals surface area (Å²) in [5, 5.41) is 2.83. The van der Waals surface area contributed by atoms with E-state index in [9.17, 15) is 9.59 Å². The van der Waals surface area contributed by atoms with E-state index in [0.717, 1.165) is 26.1 Å². The summed E-state index contributed by atoms with van der Waals surface area (Å²) < 4.78 is 5.25. The molecule has 2 N–H and O–H groups in total. The monoisotopic (exact) mass is 236 g/mol. The molecule has 92 valence electrons. The number of hydrogen-bond acceptors (Lipinski definition) is 3. The fourth-order valence-electron chi connectivity index (χ4n) is 1.86. The van der Waals surface area contributed by atoms with Crippen LogP contribution >= 0.6 is 0 Å². The van der Waals surface area contributed by atoms with Crippen LogP contribution in [0.2, 0.25) is 0 Å². The second-order valence-electron chi connectivity index (χ2n) is 4.19. The average Bonchev–Trinajstić information content (AvgIpc) is 2.37. The molecule has 0 bridgehead atoms. The largest absolute Gasteiger partial charge is 0.381 e. The molecular formula is C12H16N2O3. The molecule has 5 heteroatoms. The van der Waals surface area contributed by atoms with E-state index in [1.165, 1.54) is 6.07 Å². The first-order valence-corrected chi connectivity index (χ1v) is 5.81. The van der Waals surface area contributed by atoms with E-state index < -0.39 is 0 Å². The number of amides is 1. The predicted octanol–water partition coefficient (Wildman–Crippen LogP) is 0.531. The zero-order valence-electron chi connectivity index (χ0n) is 9.57. The number of hydrogen-bond donors (Lipinski definition) is 2. The van der Waals surface area contributed by atoms with E-state index >= 15 is 0 Å². The zero-order chi connectivity index (χ0) is 12.1. The Morgan fingerprint density at radius 1 is 1.41 bits per heavy atom. The van der Waals surface area contributed by atoms with Gasteiger partial charge in [-0.15, -0.1) is 0 Å². The van der Waals surface area contributed by atoms with Crippen LogP contribution in [-0.2, 0) is 4.74 Å². The minimum Gasteiger partial charge on any atom is -0.381 e. The number of carbonyl (C=O) groups excluding carboxylic acids is 1. The minimum atomic E-state index is -0.260.